The van der Waals surface area contributed by atoms with Crippen molar-refractivity contribution in [3.63, 3.8) is 0 Å². The average Bonchev–Trinajstić information content (AvgIpc) is 2.98. The molecule has 2 aromatic rings. The van der Waals surface area contributed by atoms with Crippen molar-refractivity contribution in [2.75, 3.05) is 26.7 Å². The highest BCUT2D eigenvalue weighted by molar-refractivity contribution is 5.73. The van der Waals surface area contributed by atoms with E-state index >= 15 is 0 Å². The Morgan fingerprint density at radius 1 is 1.38 bits per heavy atom. The summed E-state index contributed by atoms with van der Waals surface area (Å²) < 4.78 is 20.2. The van der Waals surface area contributed by atoms with E-state index < -0.39 is 0 Å². The molecule has 1 aromatic heterocycles. The average molecular weight is 334 g/mol. The highest BCUT2D eigenvalue weighted by atomic mass is 19.1. The van der Waals surface area contributed by atoms with Crippen LogP contribution < -0.4 is 10.1 Å². The van der Waals surface area contributed by atoms with Gasteiger partial charge in [0.05, 0.1) is 6.54 Å². The fourth-order valence-electron chi connectivity index (χ4n) is 2.21. The number of carbonyl (C=O) groups excluding carboxylic acids is 1. The van der Waals surface area contributed by atoms with Crippen LogP contribution in [0.4, 0.5) is 9.18 Å². The fraction of sp³-hybridized carbons (Fsp3) is 0.412. The van der Waals surface area contributed by atoms with Crippen molar-refractivity contribution in [2.45, 2.75) is 12.8 Å². The Bertz CT molecular complexity index is 642. The molecule has 0 fully saturated rings. The summed E-state index contributed by atoms with van der Waals surface area (Å²) in [5, 5.41) is 2.79. The maximum Gasteiger partial charge on any atom is 0.317 e. The Labute approximate surface area is 141 Å². The van der Waals surface area contributed by atoms with Gasteiger partial charge >= 0.3 is 6.03 Å². The van der Waals surface area contributed by atoms with E-state index in [0.717, 1.165) is 18.7 Å². The van der Waals surface area contributed by atoms with E-state index in [0.29, 0.717) is 25.4 Å². The molecule has 0 saturated heterocycles. The smallest absolute Gasteiger partial charge is 0.317 e. The molecule has 130 valence electrons. The SMILES string of the molecule is CN(CCCc1nccn1C)C(=O)NCCOc1ccc(F)cc1. The van der Waals surface area contributed by atoms with E-state index in [-0.39, 0.29) is 11.8 Å². The van der Waals surface area contributed by atoms with Gasteiger partial charge in [0.25, 0.3) is 0 Å². The van der Waals surface area contributed by atoms with Crippen LogP contribution in [0.2, 0.25) is 0 Å². The standard InChI is InChI=1S/C17H23FN4O2/c1-21-12-9-19-16(21)4-3-11-22(2)17(23)20-10-13-24-15-7-5-14(18)6-8-15/h5-9,12H,3-4,10-11,13H2,1-2H3,(H,20,23). The number of ether oxygens (including phenoxy) is 1. The lowest BCUT2D eigenvalue weighted by Gasteiger charge is -2.18. The van der Waals surface area contributed by atoms with E-state index in [1.807, 2.05) is 17.8 Å². The minimum atomic E-state index is -0.303. The molecule has 6 nitrogen and oxygen atoms in total. The van der Waals surface area contributed by atoms with E-state index in [9.17, 15) is 9.18 Å². The van der Waals surface area contributed by atoms with Gasteiger partial charge in [0, 0.05) is 39.5 Å². The quantitative estimate of drug-likeness (QED) is 0.753. The van der Waals surface area contributed by atoms with Gasteiger partial charge in [0.15, 0.2) is 0 Å². The molecule has 24 heavy (non-hydrogen) atoms. The number of nitrogens with zero attached hydrogens (tertiary/aromatic N) is 3. The molecule has 7 heteroatoms. The lowest BCUT2D eigenvalue weighted by Crippen LogP contribution is -2.39. The lowest BCUT2D eigenvalue weighted by molar-refractivity contribution is 0.204. The minimum Gasteiger partial charge on any atom is -0.492 e. The van der Waals surface area contributed by atoms with Crippen LogP contribution in [0.5, 0.6) is 5.75 Å². The molecule has 2 rings (SSSR count). The number of halogens is 1. The first kappa shape index (κ1) is 17.8. The highest BCUT2D eigenvalue weighted by Gasteiger charge is 2.08. The van der Waals surface area contributed by atoms with Crippen LogP contribution in [0.1, 0.15) is 12.2 Å². The number of carbonyl (C=O) groups is 1. The molecule has 0 spiro atoms. The number of hydrogen-bond acceptors (Lipinski definition) is 3. The van der Waals surface area contributed by atoms with Gasteiger partial charge in [-0.25, -0.2) is 14.2 Å². The summed E-state index contributed by atoms with van der Waals surface area (Å²) in [5.41, 5.74) is 0. The third-order valence-corrected chi connectivity index (χ3v) is 3.62. The lowest BCUT2D eigenvalue weighted by atomic mass is 10.3. The summed E-state index contributed by atoms with van der Waals surface area (Å²) in [5.74, 6) is 1.29. The molecule has 0 bridgehead atoms. The van der Waals surface area contributed by atoms with E-state index in [2.05, 4.69) is 10.3 Å². The van der Waals surface area contributed by atoms with Crippen LogP contribution >= 0.6 is 0 Å². The van der Waals surface area contributed by atoms with Gasteiger partial charge in [-0.05, 0) is 30.7 Å². The van der Waals surface area contributed by atoms with Crippen molar-refractivity contribution in [3.05, 3.63) is 48.3 Å². The van der Waals surface area contributed by atoms with Crippen LogP contribution in [0.15, 0.2) is 36.7 Å². The Balaban J connectivity index is 1.59. The maximum absolute atomic E-state index is 12.8. The zero-order chi connectivity index (χ0) is 17.4. The van der Waals surface area contributed by atoms with Crippen molar-refractivity contribution in [2.24, 2.45) is 7.05 Å². The first-order chi connectivity index (χ1) is 11.6. The van der Waals surface area contributed by atoms with Gasteiger partial charge in [-0.1, -0.05) is 0 Å². The largest absolute Gasteiger partial charge is 0.492 e. The van der Waals surface area contributed by atoms with Gasteiger partial charge in [0.1, 0.15) is 24.0 Å². The van der Waals surface area contributed by atoms with Crippen molar-refractivity contribution < 1.29 is 13.9 Å². The topological polar surface area (TPSA) is 59.4 Å². The van der Waals surface area contributed by atoms with Gasteiger partial charge in [-0.15, -0.1) is 0 Å². The van der Waals surface area contributed by atoms with Gasteiger partial charge in [-0.3, -0.25) is 0 Å². The normalized spacial score (nSPS) is 10.5. The summed E-state index contributed by atoms with van der Waals surface area (Å²) in [6.45, 7) is 1.37. The van der Waals surface area contributed by atoms with Gasteiger partial charge in [0.2, 0.25) is 0 Å². The zero-order valence-corrected chi connectivity index (χ0v) is 14.0. The molecule has 0 aliphatic heterocycles. The molecular weight excluding hydrogens is 311 g/mol. The number of amides is 2. The predicted molar refractivity (Wildman–Crippen MR) is 89.5 cm³/mol. The Kier molecular flexibility index (Phi) is 6.60. The summed E-state index contributed by atoms with van der Waals surface area (Å²) in [6.07, 6.45) is 5.36. The van der Waals surface area contributed by atoms with Crippen LogP contribution in [-0.2, 0) is 13.5 Å². The van der Waals surface area contributed by atoms with Crippen LogP contribution in [0, 0.1) is 5.82 Å². The third kappa shape index (κ3) is 5.57. The maximum atomic E-state index is 12.8. The molecule has 1 aromatic carbocycles. The van der Waals surface area contributed by atoms with Crippen molar-refractivity contribution >= 4 is 6.03 Å². The monoisotopic (exact) mass is 334 g/mol. The fourth-order valence-corrected chi connectivity index (χ4v) is 2.21. The number of imidazole rings is 1. The molecule has 2 amide bonds. The number of aryl methyl sites for hydroxylation is 2. The highest BCUT2D eigenvalue weighted by Crippen LogP contribution is 2.10. The Morgan fingerprint density at radius 2 is 2.12 bits per heavy atom. The molecule has 0 unspecified atom stereocenters. The molecule has 0 atom stereocenters. The van der Waals surface area contributed by atoms with Crippen LogP contribution in [-0.4, -0.2) is 47.2 Å². The van der Waals surface area contributed by atoms with E-state index in [1.54, 1.807) is 30.3 Å². The van der Waals surface area contributed by atoms with Crippen molar-refractivity contribution in [1.82, 2.24) is 19.8 Å². The second-order valence-corrected chi connectivity index (χ2v) is 5.51. The van der Waals surface area contributed by atoms with Gasteiger partial charge < -0.3 is 19.5 Å². The number of nitrogens with one attached hydrogen (secondary N) is 1. The minimum absolute atomic E-state index is 0.141. The van der Waals surface area contributed by atoms with Crippen LogP contribution in [0.25, 0.3) is 0 Å². The molecule has 1 N–H and O–H groups in total. The first-order valence-electron chi connectivity index (χ1n) is 7.90. The van der Waals surface area contributed by atoms with Crippen LogP contribution in [0.3, 0.4) is 0 Å². The number of urea groups is 1. The zero-order valence-electron chi connectivity index (χ0n) is 14.0. The second-order valence-electron chi connectivity index (χ2n) is 5.51. The molecule has 1 heterocycles. The third-order valence-electron chi connectivity index (χ3n) is 3.62. The number of rotatable bonds is 8. The first-order valence-corrected chi connectivity index (χ1v) is 7.90. The molecule has 0 radical (unpaired) electrons. The summed E-state index contributed by atoms with van der Waals surface area (Å²) >= 11 is 0. The Hall–Kier alpha value is -2.57. The number of hydrogen-bond donors (Lipinski definition) is 1. The number of benzene rings is 1. The molecule has 0 aliphatic carbocycles. The van der Waals surface area contributed by atoms with Crippen molar-refractivity contribution in [3.8, 4) is 5.75 Å². The molecular formula is C17H23FN4O2. The number of aromatic nitrogens is 2. The second kappa shape index (κ2) is 8.90. The molecule has 0 aliphatic rings. The van der Waals surface area contributed by atoms with Gasteiger partial charge in [-0.2, -0.15) is 0 Å². The molecule has 0 saturated carbocycles. The van der Waals surface area contributed by atoms with Crippen molar-refractivity contribution in [1.29, 1.82) is 0 Å². The van der Waals surface area contributed by atoms with E-state index in [1.165, 1.54) is 12.1 Å². The predicted octanol–water partition coefficient (Wildman–Crippen LogP) is 2.21. The summed E-state index contributed by atoms with van der Waals surface area (Å²) in [7, 11) is 3.72. The summed E-state index contributed by atoms with van der Waals surface area (Å²) in [6, 6.07) is 5.64. The summed E-state index contributed by atoms with van der Waals surface area (Å²) in [4.78, 5) is 17.8. The Morgan fingerprint density at radius 3 is 2.79 bits per heavy atom. The van der Waals surface area contributed by atoms with E-state index in [4.69, 9.17) is 4.74 Å².